The van der Waals surface area contributed by atoms with Crippen LogP contribution in [-0.2, 0) is 9.59 Å². The van der Waals surface area contributed by atoms with Gasteiger partial charge in [-0.3, -0.25) is 9.59 Å². The van der Waals surface area contributed by atoms with Crippen molar-refractivity contribution in [3.8, 4) is 0 Å². The van der Waals surface area contributed by atoms with Crippen molar-refractivity contribution in [1.82, 2.24) is 10.2 Å². The second kappa shape index (κ2) is 9.87. The Morgan fingerprint density at radius 1 is 0.967 bits per heavy atom. The molecule has 1 aliphatic heterocycles. The minimum absolute atomic E-state index is 0.190. The number of carbonyl (C=O) groups excluding carboxylic acids is 3. The Kier molecular flexibility index (Phi) is 7.00. The highest BCUT2D eigenvalue weighted by atomic mass is 19.1. The van der Waals surface area contributed by atoms with E-state index in [1.54, 1.807) is 17.0 Å². The van der Waals surface area contributed by atoms with E-state index in [1.165, 1.54) is 24.3 Å². The van der Waals surface area contributed by atoms with Crippen molar-refractivity contribution in [2.75, 3.05) is 30.3 Å². The van der Waals surface area contributed by atoms with Crippen LogP contribution in [0.25, 0.3) is 0 Å². The van der Waals surface area contributed by atoms with E-state index in [9.17, 15) is 18.8 Å². The molecular formula is C22H25FN4O3. The molecule has 1 aliphatic rings. The van der Waals surface area contributed by atoms with Crippen LogP contribution in [0.2, 0.25) is 0 Å². The normalized spacial score (nSPS) is 14.1. The maximum absolute atomic E-state index is 12.9. The maximum Gasteiger partial charge on any atom is 0.321 e. The zero-order valence-electron chi connectivity index (χ0n) is 16.8. The Balaban J connectivity index is 1.38. The molecule has 0 aliphatic carbocycles. The number of hydrogen-bond donors (Lipinski definition) is 3. The van der Waals surface area contributed by atoms with Gasteiger partial charge in [0.15, 0.2) is 0 Å². The number of benzene rings is 2. The molecule has 30 heavy (non-hydrogen) atoms. The van der Waals surface area contributed by atoms with Gasteiger partial charge in [0.1, 0.15) is 5.82 Å². The predicted octanol–water partition coefficient (Wildman–Crippen LogP) is 3.13. The molecule has 0 aromatic heterocycles. The van der Waals surface area contributed by atoms with Crippen molar-refractivity contribution in [2.24, 2.45) is 5.92 Å². The fourth-order valence-electron chi connectivity index (χ4n) is 3.30. The summed E-state index contributed by atoms with van der Waals surface area (Å²) in [5.74, 6) is -1.54. The summed E-state index contributed by atoms with van der Waals surface area (Å²) in [5.41, 5.74) is 2.11. The third kappa shape index (κ3) is 6.04. The van der Waals surface area contributed by atoms with Gasteiger partial charge in [0.05, 0.1) is 0 Å². The molecule has 7 nitrogen and oxygen atoms in total. The Bertz CT molecular complexity index is 909. The van der Waals surface area contributed by atoms with Crippen LogP contribution >= 0.6 is 0 Å². The van der Waals surface area contributed by atoms with Crippen molar-refractivity contribution in [1.29, 1.82) is 0 Å². The molecule has 3 rings (SSSR count). The standard InChI is InChI=1S/C22H25FN4O3/c1-15-3-2-4-19(13-15)25-21(29)20(28)24-14-16-9-11-27(12-10-16)22(30)26-18-7-5-17(23)6-8-18/h2-8,13,16H,9-12,14H2,1H3,(H,24,28)(H,25,29)(H,26,30). The van der Waals surface area contributed by atoms with E-state index in [4.69, 9.17) is 0 Å². The monoisotopic (exact) mass is 412 g/mol. The Morgan fingerprint density at radius 3 is 2.33 bits per heavy atom. The third-order valence-corrected chi connectivity index (χ3v) is 5.03. The van der Waals surface area contributed by atoms with E-state index >= 15 is 0 Å². The molecule has 0 atom stereocenters. The molecule has 2 aromatic rings. The lowest BCUT2D eigenvalue weighted by atomic mass is 9.97. The van der Waals surface area contributed by atoms with Gasteiger partial charge < -0.3 is 20.9 Å². The second-order valence-electron chi connectivity index (χ2n) is 7.40. The minimum Gasteiger partial charge on any atom is -0.348 e. The van der Waals surface area contributed by atoms with Gasteiger partial charge in [-0.15, -0.1) is 0 Å². The smallest absolute Gasteiger partial charge is 0.321 e. The summed E-state index contributed by atoms with van der Waals surface area (Å²) in [5, 5.41) is 8.00. The van der Waals surface area contributed by atoms with Crippen molar-refractivity contribution >= 4 is 29.2 Å². The van der Waals surface area contributed by atoms with Crippen LogP contribution in [0.4, 0.5) is 20.6 Å². The number of carbonyl (C=O) groups is 3. The molecule has 0 unspecified atom stereocenters. The fraction of sp³-hybridized carbons (Fsp3) is 0.318. The van der Waals surface area contributed by atoms with E-state index < -0.39 is 11.8 Å². The Hall–Kier alpha value is -3.42. The lowest BCUT2D eigenvalue weighted by Gasteiger charge is -2.32. The van der Waals surface area contributed by atoms with Crippen LogP contribution in [0, 0.1) is 18.7 Å². The highest BCUT2D eigenvalue weighted by Crippen LogP contribution is 2.18. The third-order valence-electron chi connectivity index (χ3n) is 5.03. The molecule has 1 saturated heterocycles. The fourth-order valence-corrected chi connectivity index (χ4v) is 3.30. The van der Waals surface area contributed by atoms with Crippen molar-refractivity contribution in [3.63, 3.8) is 0 Å². The van der Waals surface area contributed by atoms with E-state index in [-0.39, 0.29) is 17.8 Å². The lowest BCUT2D eigenvalue weighted by Crippen LogP contribution is -2.44. The molecule has 4 amide bonds. The van der Waals surface area contributed by atoms with Crippen molar-refractivity contribution in [2.45, 2.75) is 19.8 Å². The number of halogens is 1. The first-order valence-corrected chi connectivity index (χ1v) is 9.88. The zero-order valence-corrected chi connectivity index (χ0v) is 16.8. The summed E-state index contributed by atoms with van der Waals surface area (Å²) < 4.78 is 12.9. The SMILES string of the molecule is Cc1cccc(NC(=O)C(=O)NCC2CCN(C(=O)Nc3ccc(F)cc3)CC2)c1. The summed E-state index contributed by atoms with van der Waals surface area (Å²) in [6.45, 7) is 3.38. The van der Waals surface area contributed by atoms with E-state index in [0.29, 0.717) is 31.0 Å². The first-order valence-electron chi connectivity index (χ1n) is 9.88. The van der Waals surface area contributed by atoms with Gasteiger partial charge in [-0.25, -0.2) is 9.18 Å². The van der Waals surface area contributed by atoms with Gasteiger partial charge in [-0.05, 0) is 67.6 Å². The lowest BCUT2D eigenvalue weighted by molar-refractivity contribution is -0.136. The van der Waals surface area contributed by atoms with Crippen LogP contribution in [0.1, 0.15) is 18.4 Å². The number of urea groups is 1. The summed E-state index contributed by atoms with van der Waals surface area (Å²) in [7, 11) is 0. The summed E-state index contributed by atoms with van der Waals surface area (Å²) >= 11 is 0. The summed E-state index contributed by atoms with van der Waals surface area (Å²) in [4.78, 5) is 38.1. The molecule has 0 radical (unpaired) electrons. The van der Waals surface area contributed by atoms with E-state index in [1.807, 2.05) is 19.1 Å². The molecule has 8 heteroatoms. The van der Waals surface area contributed by atoms with E-state index in [0.717, 1.165) is 18.4 Å². The Labute approximate surface area is 174 Å². The molecule has 3 N–H and O–H groups in total. The van der Waals surface area contributed by atoms with Gasteiger partial charge in [0.25, 0.3) is 0 Å². The molecular weight excluding hydrogens is 387 g/mol. The highest BCUT2D eigenvalue weighted by Gasteiger charge is 2.24. The number of amides is 4. The van der Waals surface area contributed by atoms with Crippen LogP contribution < -0.4 is 16.0 Å². The van der Waals surface area contributed by atoms with Crippen LogP contribution in [0.3, 0.4) is 0 Å². The number of piperidine rings is 1. The number of anilines is 2. The second-order valence-corrected chi connectivity index (χ2v) is 7.40. The maximum atomic E-state index is 12.9. The largest absolute Gasteiger partial charge is 0.348 e. The van der Waals surface area contributed by atoms with Gasteiger partial charge in [-0.2, -0.15) is 0 Å². The van der Waals surface area contributed by atoms with Crippen LogP contribution in [-0.4, -0.2) is 42.4 Å². The van der Waals surface area contributed by atoms with Crippen LogP contribution in [0.15, 0.2) is 48.5 Å². The Morgan fingerprint density at radius 2 is 1.67 bits per heavy atom. The number of nitrogens with one attached hydrogen (secondary N) is 3. The molecule has 0 saturated carbocycles. The number of hydrogen-bond acceptors (Lipinski definition) is 3. The van der Waals surface area contributed by atoms with Gasteiger partial charge in [-0.1, -0.05) is 12.1 Å². The van der Waals surface area contributed by atoms with Gasteiger partial charge in [0, 0.05) is 31.0 Å². The molecule has 0 spiro atoms. The van der Waals surface area contributed by atoms with Gasteiger partial charge >= 0.3 is 17.8 Å². The zero-order chi connectivity index (χ0) is 21.5. The molecule has 2 aromatic carbocycles. The first-order chi connectivity index (χ1) is 14.4. The highest BCUT2D eigenvalue weighted by molar-refractivity contribution is 6.39. The minimum atomic E-state index is -0.697. The number of rotatable bonds is 4. The molecule has 1 fully saturated rings. The summed E-state index contributed by atoms with van der Waals surface area (Å²) in [6.07, 6.45) is 1.44. The van der Waals surface area contributed by atoms with Crippen molar-refractivity contribution in [3.05, 3.63) is 59.9 Å². The predicted molar refractivity (Wildman–Crippen MR) is 113 cm³/mol. The van der Waals surface area contributed by atoms with Crippen LogP contribution in [0.5, 0.6) is 0 Å². The number of nitrogens with zero attached hydrogens (tertiary/aromatic N) is 1. The summed E-state index contributed by atoms with van der Waals surface area (Å²) in [6, 6.07) is 12.6. The molecule has 1 heterocycles. The molecule has 158 valence electrons. The average Bonchev–Trinajstić information content (AvgIpc) is 2.74. The average molecular weight is 412 g/mol. The van der Waals surface area contributed by atoms with Gasteiger partial charge in [0.2, 0.25) is 0 Å². The topological polar surface area (TPSA) is 90.5 Å². The first kappa shape index (κ1) is 21.3. The van der Waals surface area contributed by atoms with Crippen molar-refractivity contribution < 1.29 is 18.8 Å². The molecule has 0 bridgehead atoms. The number of aryl methyl sites for hydroxylation is 1. The quantitative estimate of drug-likeness (QED) is 0.674. The number of likely N-dealkylation sites (tertiary alicyclic amines) is 1. The van der Waals surface area contributed by atoms with E-state index in [2.05, 4.69) is 16.0 Å².